The van der Waals surface area contributed by atoms with Crippen molar-refractivity contribution in [3.05, 3.63) is 27.7 Å². The zero-order valence-corrected chi connectivity index (χ0v) is 13.6. The van der Waals surface area contributed by atoms with Gasteiger partial charge in [-0.2, -0.15) is 0 Å². The van der Waals surface area contributed by atoms with E-state index in [-0.39, 0.29) is 11.7 Å². The van der Waals surface area contributed by atoms with E-state index in [1.165, 1.54) is 0 Å². The number of anilines is 1. The van der Waals surface area contributed by atoms with Crippen LogP contribution in [-0.4, -0.2) is 18.2 Å². The van der Waals surface area contributed by atoms with Gasteiger partial charge in [-0.25, -0.2) is 0 Å². The van der Waals surface area contributed by atoms with Crippen molar-refractivity contribution in [1.29, 1.82) is 0 Å². The van der Waals surface area contributed by atoms with E-state index < -0.39 is 0 Å². The van der Waals surface area contributed by atoms with E-state index in [0.717, 1.165) is 48.0 Å². The topological polar surface area (TPSA) is 37.4 Å². The monoisotopic (exact) mass is 337 g/mol. The Balaban J connectivity index is 2.38. The maximum Gasteiger partial charge on any atom is 0.223 e. The number of Topliss-reactive ketones (excluding diaryl/α,β-unsaturated/α-hetero) is 1. The molecule has 0 fully saturated rings. The van der Waals surface area contributed by atoms with Crippen LogP contribution in [0.15, 0.2) is 16.6 Å². The predicted molar refractivity (Wildman–Crippen MR) is 84.3 cm³/mol. The zero-order chi connectivity index (χ0) is 14.7. The lowest BCUT2D eigenvalue weighted by molar-refractivity contribution is -0.116. The smallest absolute Gasteiger partial charge is 0.223 e. The number of ketones is 1. The number of carbonyl (C=O) groups is 2. The molecule has 1 heterocycles. The number of hydrogen-bond donors (Lipinski definition) is 0. The quantitative estimate of drug-likeness (QED) is 0.775. The molecule has 1 aromatic rings. The Morgan fingerprint density at radius 2 is 2.10 bits per heavy atom. The van der Waals surface area contributed by atoms with Crippen LogP contribution in [-0.2, 0) is 11.2 Å². The number of amides is 1. The summed E-state index contributed by atoms with van der Waals surface area (Å²) in [6.45, 7) is 4.40. The third-order valence-electron chi connectivity index (χ3n) is 3.72. The Bertz CT molecular complexity index is 540. The molecular weight excluding hydrogens is 318 g/mol. The molecule has 2 rings (SSSR count). The van der Waals surface area contributed by atoms with Gasteiger partial charge in [-0.05, 0) is 37.0 Å². The van der Waals surface area contributed by atoms with Gasteiger partial charge in [0.05, 0.1) is 0 Å². The first-order chi connectivity index (χ1) is 9.54. The number of hydrogen-bond acceptors (Lipinski definition) is 2. The minimum Gasteiger partial charge on any atom is -0.312 e. The summed E-state index contributed by atoms with van der Waals surface area (Å²) in [5.74, 6) is 0.191. The Labute approximate surface area is 128 Å². The van der Waals surface area contributed by atoms with Crippen LogP contribution in [0.2, 0.25) is 0 Å². The maximum absolute atomic E-state index is 12.3. The number of halogens is 1. The normalized spacial score (nSPS) is 14.1. The van der Waals surface area contributed by atoms with Crippen LogP contribution in [0.1, 0.15) is 55.5 Å². The van der Waals surface area contributed by atoms with Gasteiger partial charge in [0.15, 0.2) is 5.78 Å². The fraction of sp³-hybridized carbons (Fsp3) is 0.500. The van der Waals surface area contributed by atoms with Crippen molar-refractivity contribution in [2.24, 2.45) is 0 Å². The maximum atomic E-state index is 12.3. The van der Waals surface area contributed by atoms with Gasteiger partial charge in [0.25, 0.3) is 0 Å². The summed E-state index contributed by atoms with van der Waals surface area (Å²) in [5, 5.41) is 0. The number of nitrogens with zero attached hydrogens (tertiary/aromatic N) is 1. The standard InChI is InChI=1S/C16H20BrNO2/c1-3-4-7-16(20)13-10-15-12(9-14(13)17)6-5-8-18(15)11(2)19/h9-10H,3-8H2,1-2H3. The second-order valence-electron chi connectivity index (χ2n) is 5.26. The van der Waals surface area contributed by atoms with E-state index in [2.05, 4.69) is 22.9 Å². The molecule has 1 amide bonds. The molecule has 0 radical (unpaired) electrons. The number of benzene rings is 1. The Morgan fingerprint density at radius 3 is 2.75 bits per heavy atom. The van der Waals surface area contributed by atoms with Gasteiger partial charge in [-0.3, -0.25) is 9.59 Å². The molecule has 0 spiro atoms. The van der Waals surface area contributed by atoms with Crippen LogP contribution in [0.5, 0.6) is 0 Å². The summed E-state index contributed by atoms with van der Waals surface area (Å²) in [5.41, 5.74) is 2.75. The fourth-order valence-corrected chi connectivity index (χ4v) is 3.23. The zero-order valence-electron chi connectivity index (χ0n) is 12.0. The number of fused-ring (bicyclic) bond motifs is 1. The molecule has 4 heteroatoms. The molecule has 0 aliphatic carbocycles. The molecule has 3 nitrogen and oxygen atoms in total. The summed E-state index contributed by atoms with van der Waals surface area (Å²) >= 11 is 3.50. The second kappa shape index (κ2) is 6.53. The van der Waals surface area contributed by atoms with Crippen molar-refractivity contribution in [3.8, 4) is 0 Å². The van der Waals surface area contributed by atoms with Crippen LogP contribution in [0.3, 0.4) is 0 Å². The van der Waals surface area contributed by atoms with Gasteiger partial charge in [0.1, 0.15) is 0 Å². The molecule has 0 atom stereocenters. The molecule has 0 bridgehead atoms. The molecule has 1 aliphatic heterocycles. The lowest BCUT2D eigenvalue weighted by Gasteiger charge is -2.29. The number of aryl methyl sites for hydroxylation is 1. The summed E-state index contributed by atoms with van der Waals surface area (Å²) in [6, 6.07) is 3.89. The molecule has 108 valence electrons. The van der Waals surface area contributed by atoms with E-state index >= 15 is 0 Å². The van der Waals surface area contributed by atoms with Crippen molar-refractivity contribution in [2.45, 2.75) is 46.0 Å². The highest BCUT2D eigenvalue weighted by Gasteiger charge is 2.23. The molecule has 0 saturated carbocycles. The summed E-state index contributed by atoms with van der Waals surface area (Å²) in [6.07, 6.45) is 4.41. The van der Waals surface area contributed by atoms with Crippen LogP contribution in [0.25, 0.3) is 0 Å². The van der Waals surface area contributed by atoms with E-state index in [9.17, 15) is 9.59 Å². The van der Waals surface area contributed by atoms with Crippen LogP contribution in [0, 0.1) is 0 Å². The fourth-order valence-electron chi connectivity index (χ4n) is 2.62. The average Bonchev–Trinajstić information content (AvgIpc) is 2.43. The molecule has 1 aromatic carbocycles. The Morgan fingerprint density at radius 1 is 1.35 bits per heavy atom. The number of unbranched alkanes of at least 4 members (excludes halogenated alkanes) is 1. The highest BCUT2D eigenvalue weighted by atomic mass is 79.9. The molecule has 0 N–H and O–H groups in total. The first-order valence-electron chi connectivity index (χ1n) is 7.18. The first kappa shape index (κ1) is 15.2. The van der Waals surface area contributed by atoms with Crippen LogP contribution < -0.4 is 4.90 Å². The SMILES string of the molecule is CCCCC(=O)c1cc2c(cc1Br)CCCN2C(C)=O. The van der Waals surface area contributed by atoms with Crippen molar-refractivity contribution in [1.82, 2.24) is 0 Å². The number of carbonyl (C=O) groups excluding carboxylic acids is 2. The van der Waals surface area contributed by atoms with Gasteiger partial charge in [0.2, 0.25) is 5.91 Å². The van der Waals surface area contributed by atoms with E-state index in [1.807, 2.05) is 12.1 Å². The molecule has 20 heavy (non-hydrogen) atoms. The molecule has 1 aliphatic rings. The largest absolute Gasteiger partial charge is 0.312 e. The molecular formula is C16H20BrNO2. The van der Waals surface area contributed by atoms with Gasteiger partial charge < -0.3 is 4.90 Å². The van der Waals surface area contributed by atoms with Crippen LogP contribution in [0.4, 0.5) is 5.69 Å². The van der Waals surface area contributed by atoms with Crippen molar-refractivity contribution in [3.63, 3.8) is 0 Å². The van der Waals surface area contributed by atoms with Gasteiger partial charge in [-0.15, -0.1) is 0 Å². The summed E-state index contributed by atoms with van der Waals surface area (Å²) in [4.78, 5) is 25.8. The summed E-state index contributed by atoms with van der Waals surface area (Å²) < 4.78 is 0.850. The van der Waals surface area contributed by atoms with Gasteiger partial charge in [0, 0.05) is 35.6 Å². The summed E-state index contributed by atoms with van der Waals surface area (Å²) in [7, 11) is 0. The Kier molecular flexibility index (Phi) is 4.97. The van der Waals surface area contributed by atoms with Gasteiger partial charge in [-0.1, -0.05) is 29.3 Å². The highest BCUT2D eigenvalue weighted by Crippen LogP contribution is 2.33. The lowest BCUT2D eigenvalue weighted by atomic mass is 9.97. The predicted octanol–water partition coefficient (Wildman–Crippen LogP) is 4.12. The molecule has 0 aromatic heterocycles. The van der Waals surface area contributed by atoms with Crippen LogP contribution >= 0.6 is 15.9 Å². The van der Waals surface area contributed by atoms with E-state index in [4.69, 9.17) is 0 Å². The molecule has 0 unspecified atom stereocenters. The minimum absolute atomic E-state index is 0.0419. The first-order valence-corrected chi connectivity index (χ1v) is 7.97. The second-order valence-corrected chi connectivity index (χ2v) is 6.12. The van der Waals surface area contributed by atoms with Gasteiger partial charge >= 0.3 is 0 Å². The van der Waals surface area contributed by atoms with Crippen molar-refractivity contribution < 1.29 is 9.59 Å². The van der Waals surface area contributed by atoms with Crippen molar-refractivity contribution in [2.75, 3.05) is 11.4 Å². The van der Waals surface area contributed by atoms with E-state index in [0.29, 0.717) is 12.0 Å². The van der Waals surface area contributed by atoms with E-state index in [1.54, 1.807) is 11.8 Å². The Hall–Kier alpha value is -1.16. The minimum atomic E-state index is 0.0419. The number of rotatable bonds is 4. The lowest BCUT2D eigenvalue weighted by Crippen LogP contribution is -2.33. The molecule has 0 saturated heterocycles. The third kappa shape index (κ3) is 3.11. The van der Waals surface area contributed by atoms with Crippen molar-refractivity contribution >= 4 is 33.3 Å². The average molecular weight is 338 g/mol. The third-order valence-corrected chi connectivity index (χ3v) is 4.38. The highest BCUT2D eigenvalue weighted by molar-refractivity contribution is 9.10.